The van der Waals surface area contributed by atoms with Gasteiger partial charge in [-0.2, -0.15) is 0 Å². The average molecular weight is 250 g/mol. The van der Waals surface area contributed by atoms with Crippen LogP contribution in [0.2, 0.25) is 0 Å². The largest absolute Gasteiger partial charge is 0.594 e. The fraction of sp³-hybridized carbons (Fsp3) is 1.00. The summed E-state index contributed by atoms with van der Waals surface area (Å²) < 4.78 is 0. The minimum atomic E-state index is -3.39. The van der Waals surface area contributed by atoms with Crippen LogP contribution in [0.3, 0.4) is 0 Å². The molecule has 0 aliphatic carbocycles. The van der Waals surface area contributed by atoms with E-state index >= 15 is 0 Å². The Balaban J connectivity index is 3.31. The lowest BCUT2D eigenvalue weighted by Crippen LogP contribution is -2.51. The maximum Gasteiger partial charge on any atom is 0.594 e. The summed E-state index contributed by atoms with van der Waals surface area (Å²) in [4.78, 5) is 35.6. The Labute approximate surface area is 89.5 Å². The van der Waals surface area contributed by atoms with Crippen molar-refractivity contribution in [2.45, 2.75) is 18.0 Å². The second kappa shape index (κ2) is 3.35. The maximum absolute atomic E-state index is 10.5. The van der Waals surface area contributed by atoms with Gasteiger partial charge in [0.15, 0.2) is 0 Å². The number of rotatable bonds is 4. The van der Waals surface area contributed by atoms with Crippen LogP contribution in [-0.2, 0) is 0 Å². The van der Waals surface area contributed by atoms with Gasteiger partial charge in [0.25, 0.3) is 6.42 Å². The van der Waals surface area contributed by atoms with E-state index in [1.165, 1.54) is 0 Å². The van der Waals surface area contributed by atoms with E-state index in [2.05, 4.69) is 10.2 Å². The standard InChI is InChI=1S/C3H2N6O8/c10-6(11)2(7(12)13)1-3(5-4-2,8(14)15)9(16)17/h1H2. The number of azo groups is 1. The van der Waals surface area contributed by atoms with E-state index in [1.807, 2.05) is 0 Å². The monoisotopic (exact) mass is 250 g/mol. The second-order valence-electron chi connectivity index (χ2n) is 2.95. The van der Waals surface area contributed by atoms with Gasteiger partial charge in [-0.25, -0.2) is 0 Å². The van der Waals surface area contributed by atoms with Crippen molar-refractivity contribution in [3.8, 4) is 0 Å². The highest BCUT2D eigenvalue weighted by molar-refractivity contribution is 4.80. The molecule has 0 N–H and O–H groups in total. The summed E-state index contributed by atoms with van der Waals surface area (Å²) in [6.07, 6.45) is -1.68. The van der Waals surface area contributed by atoms with Crippen LogP contribution in [-0.4, -0.2) is 31.3 Å². The lowest BCUT2D eigenvalue weighted by molar-refractivity contribution is -0.832. The van der Waals surface area contributed by atoms with Crippen molar-refractivity contribution >= 4 is 0 Å². The van der Waals surface area contributed by atoms with Crippen molar-refractivity contribution in [3.05, 3.63) is 40.5 Å². The molecule has 1 heterocycles. The molecule has 0 fully saturated rings. The van der Waals surface area contributed by atoms with Crippen molar-refractivity contribution in [2.75, 3.05) is 0 Å². The molecule has 14 heteroatoms. The third-order valence-corrected chi connectivity index (χ3v) is 2.01. The van der Waals surface area contributed by atoms with Gasteiger partial charge in [0.05, 0.1) is 0 Å². The Bertz CT molecular complexity index is 386. The zero-order chi connectivity index (χ0) is 13.4. The normalized spacial score (nSPS) is 19.8. The molecule has 0 amide bonds. The summed E-state index contributed by atoms with van der Waals surface area (Å²) in [7, 11) is 0. The Hall–Kier alpha value is -2.80. The summed E-state index contributed by atoms with van der Waals surface area (Å²) >= 11 is 0. The first-order chi connectivity index (χ1) is 7.69. The molecule has 0 unspecified atom stereocenters. The van der Waals surface area contributed by atoms with Gasteiger partial charge in [0, 0.05) is 0 Å². The van der Waals surface area contributed by atoms with E-state index in [1.54, 1.807) is 0 Å². The van der Waals surface area contributed by atoms with Crippen LogP contribution >= 0.6 is 0 Å². The van der Waals surface area contributed by atoms with E-state index in [9.17, 15) is 40.5 Å². The highest BCUT2D eigenvalue weighted by Gasteiger charge is 2.80. The third-order valence-electron chi connectivity index (χ3n) is 2.01. The van der Waals surface area contributed by atoms with Crippen LogP contribution in [0.15, 0.2) is 10.2 Å². The highest BCUT2D eigenvalue weighted by Crippen LogP contribution is 2.36. The van der Waals surface area contributed by atoms with E-state index in [4.69, 9.17) is 0 Å². The molecule has 0 saturated carbocycles. The van der Waals surface area contributed by atoms with Crippen LogP contribution in [0, 0.1) is 40.5 Å². The van der Waals surface area contributed by atoms with E-state index in [0.29, 0.717) is 0 Å². The smallest absolute Gasteiger partial charge is 0.257 e. The third kappa shape index (κ3) is 1.42. The fourth-order valence-electron chi connectivity index (χ4n) is 1.09. The van der Waals surface area contributed by atoms with Gasteiger partial charge >= 0.3 is 11.6 Å². The molecule has 17 heavy (non-hydrogen) atoms. The molecule has 0 atom stereocenters. The molecular weight excluding hydrogens is 248 g/mol. The molecule has 0 aromatic rings. The Morgan fingerprint density at radius 3 is 1.06 bits per heavy atom. The molecule has 0 aromatic carbocycles. The first kappa shape index (κ1) is 12.3. The van der Waals surface area contributed by atoms with Crippen LogP contribution in [0.1, 0.15) is 6.42 Å². The molecule has 1 aliphatic rings. The van der Waals surface area contributed by atoms with E-state index in [0.717, 1.165) is 0 Å². The minimum absolute atomic E-state index is 1.56. The summed E-state index contributed by atoms with van der Waals surface area (Å²) in [5.74, 6) is -6.78. The SMILES string of the molecule is O=[N+]([O-])C1([N+](=O)[O-])CC([N+](=O)[O-])([N+](=O)[O-])N=N1. The topological polar surface area (TPSA) is 197 Å². The minimum Gasteiger partial charge on any atom is -0.257 e. The second-order valence-corrected chi connectivity index (χ2v) is 2.95. The molecule has 1 aliphatic heterocycles. The van der Waals surface area contributed by atoms with Gasteiger partial charge in [-0.3, -0.25) is 40.5 Å². The lowest BCUT2D eigenvalue weighted by Gasteiger charge is -2.07. The van der Waals surface area contributed by atoms with Crippen molar-refractivity contribution in [3.63, 3.8) is 0 Å². The first-order valence-electron chi connectivity index (χ1n) is 3.71. The van der Waals surface area contributed by atoms with Crippen molar-refractivity contribution in [1.82, 2.24) is 0 Å². The summed E-state index contributed by atoms with van der Waals surface area (Å²) in [6.45, 7) is 0. The molecule has 1 rings (SSSR count). The molecular formula is C3H2N6O8. The van der Waals surface area contributed by atoms with Crippen molar-refractivity contribution < 1.29 is 19.7 Å². The number of hydrogen-bond donors (Lipinski definition) is 0. The Morgan fingerprint density at radius 1 is 0.706 bits per heavy atom. The lowest BCUT2D eigenvalue weighted by atomic mass is 10.2. The molecule has 0 aromatic heterocycles. The Kier molecular flexibility index (Phi) is 2.42. The van der Waals surface area contributed by atoms with Gasteiger partial charge < -0.3 is 0 Å². The van der Waals surface area contributed by atoms with Crippen LogP contribution in [0.4, 0.5) is 0 Å². The van der Waals surface area contributed by atoms with Crippen LogP contribution < -0.4 is 0 Å². The van der Waals surface area contributed by atoms with E-state index in [-0.39, 0.29) is 0 Å². The molecule has 14 nitrogen and oxygen atoms in total. The van der Waals surface area contributed by atoms with Crippen molar-refractivity contribution in [2.24, 2.45) is 10.2 Å². The zero-order valence-electron chi connectivity index (χ0n) is 7.66. The van der Waals surface area contributed by atoms with Gasteiger partial charge in [0.2, 0.25) is 0 Å². The fourth-order valence-corrected chi connectivity index (χ4v) is 1.09. The summed E-state index contributed by atoms with van der Waals surface area (Å²) in [5, 5.41) is 46.9. The quantitative estimate of drug-likeness (QED) is 0.352. The van der Waals surface area contributed by atoms with Gasteiger partial charge in [-0.15, -0.1) is 0 Å². The average Bonchev–Trinajstić information content (AvgIpc) is 2.59. The van der Waals surface area contributed by atoms with Crippen molar-refractivity contribution in [1.29, 1.82) is 0 Å². The first-order valence-corrected chi connectivity index (χ1v) is 3.71. The van der Waals surface area contributed by atoms with Crippen LogP contribution in [0.5, 0.6) is 0 Å². The number of hydrogen-bond acceptors (Lipinski definition) is 10. The molecule has 0 radical (unpaired) electrons. The highest BCUT2D eigenvalue weighted by atomic mass is 16.7. The molecule has 0 bridgehead atoms. The summed E-state index contributed by atoms with van der Waals surface area (Å²) in [6, 6.07) is 0. The predicted octanol–water partition coefficient (Wildman–Crippen LogP) is -0.743. The van der Waals surface area contributed by atoms with Gasteiger partial charge in [0.1, 0.15) is 19.7 Å². The Morgan fingerprint density at radius 2 is 0.941 bits per heavy atom. The maximum atomic E-state index is 10.5. The molecule has 0 saturated heterocycles. The summed E-state index contributed by atoms with van der Waals surface area (Å²) in [5.41, 5.74) is 0. The zero-order valence-corrected chi connectivity index (χ0v) is 7.66. The van der Waals surface area contributed by atoms with Gasteiger partial charge in [-0.05, 0) is 10.2 Å². The number of nitro groups is 4. The number of nitrogens with zero attached hydrogens (tertiary/aromatic N) is 6. The predicted molar refractivity (Wildman–Crippen MR) is 42.9 cm³/mol. The van der Waals surface area contributed by atoms with Crippen LogP contribution in [0.25, 0.3) is 0 Å². The molecule has 92 valence electrons. The van der Waals surface area contributed by atoms with Gasteiger partial charge in [-0.1, -0.05) is 0 Å². The van der Waals surface area contributed by atoms with E-state index < -0.39 is 37.7 Å². The molecule has 0 spiro atoms.